The Hall–Kier alpha value is -2.14. The third-order valence-electron chi connectivity index (χ3n) is 4.73. The summed E-state index contributed by atoms with van der Waals surface area (Å²) in [6, 6.07) is 13.2. The zero-order valence-electron chi connectivity index (χ0n) is 15.0. The molecule has 1 saturated heterocycles. The summed E-state index contributed by atoms with van der Waals surface area (Å²) >= 11 is 3.35. The molecule has 1 heterocycles. The van der Waals surface area contributed by atoms with Crippen LogP contribution in [0.2, 0.25) is 0 Å². The van der Waals surface area contributed by atoms with Gasteiger partial charge in [-0.3, -0.25) is 9.59 Å². The zero-order valence-corrected chi connectivity index (χ0v) is 16.6. The molecular formula is C21H22BrNO3. The van der Waals surface area contributed by atoms with E-state index in [-0.39, 0.29) is 18.3 Å². The first kappa shape index (κ1) is 18.6. The molecule has 0 aliphatic carbocycles. The van der Waals surface area contributed by atoms with Crippen LogP contribution in [-0.4, -0.2) is 18.4 Å². The molecular weight excluding hydrogens is 394 g/mol. The summed E-state index contributed by atoms with van der Waals surface area (Å²) in [5, 5.41) is 0. The summed E-state index contributed by atoms with van der Waals surface area (Å²) in [6.07, 6.45) is 1.89. The van der Waals surface area contributed by atoms with Gasteiger partial charge in [-0.05, 0) is 48.2 Å². The van der Waals surface area contributed by atoms with Gasteiger partial charge in [0, 0.05) is 23.1 Å². The highest BCUT2D eigenvalue weighted by molar-refractivity contribution is 9.10. The number of amides is 1. The summed E-state index contributed by atoms with van der Waals surface area (Å²) in [5.41, 5.74) is 3.25. The number of para-hydroxylation sites is 1. The Morgan fingerprint density at radius 2 is 1.73 bits per heavy atom. The van der Waals surface area contributed by atoms with E-state index in [4.69, 9.17) is 4.74 Å². The van der Waals surface area contributed by atoms with Crippen molar-refractivity contribution < 1.29 is 14.3 Å². The second-order valence-corrected chi connectivity index (χ2v) is 7.33. The van der Waals surface area contributed by atoms with Gasteiger partial charge in [-0.15, -0.1) is 0 Å². The van der Waals surface area contributed by atoms with Crippen LogP contribution in [0.3, 0.4) is 0 Å². The van der Waals surface area contributed by atoms with E-state index in [0.717, 1.165) is 34.1 Å². The van der Waals surface area contributed by atoms with Crippen LogP contribution in [0.25, 0.3) is 0 Å². The molecule has 2 aromatic rings. The molecule has 26 heavy (non-hydrogen) atoms. The lowest BCUT2D eigenvalue weighted by atomic mass is 10.0. The lowest BCUT2D eigenvalue weighted by Crippen LogP contribution is -2.29. The highest BCUT2D eigenvalue weighted by Crippen LogP contribution is 2.33. The van der Waals surface area contributed by atoms with E-state index in [1.165, 1.54) is 0 Å². The number of carbonyl (C=O) groups excluding carboxylic acids is 2. The third kappa shape index (κ3) is 3.83. The molecule has 0 unspecified atom stereocenters. The van der Waals surface area contributed by atoms with Gasteiger partial charge in [-0.25, -0.2) is 0 Å². The highest BCUT2D eigenvalue weighted by Gasteiger charge is 2.37. The van der Waals surface area contributed by atoms with Gasteiger partial charge in [0.1, 0.15) is 5.75 Å². The molecule has 5 heteroatoms. The lowest BCUT2D eigenvalue weighted by Gasteiger charge is -2.23. The number of nitrogens with zero attached hydrogens (tertiary/aromatic N) is 1. The fourth-order valence-corrected chi connectivity index (χ4v) is 3.61. The SMILES string of the molecule is CCc1cccc(CC)c1N1C[C@@H](C(=O)Oc2ccc(Br)cc2)CC1=O. The van der Waals surface area contributed by atoms with Gasteiger partial charge in [-0.2, -0.15) is 0 Å². The average molecular weight is 416 g/mol. The molecule has 3 rings (SSSR count). The van der Waals surface area contributed by atoms with Gasteiger partial charge in [0.15, 0.2) is 0 Å². The van der Waals surface area contributed by atoms with Gasteiger partial charge in [0.05, 0.1) is 5.92 Å². The number of aryl methyl sites for hydroxylation is 2. The molecule has 2 aromatic carbocycles. The number of benzene rings is 2. The van der Waals surface area contributed by atoms with Gasteiger partial charge in [0.25, 0.3) is 0 Å². The number of ether oxygens (including phenoxy) is 1. The number of rotatable bonds is 5. The molecule has 4 nitrogen and oxygen atoms in total. The van der Waals surface area contributed by atoms with E-state index in [0.29, 0.717) is 12.3 Å². The van der Waals surface area contributed by atoms with E-state index in [2.05, 4.69) is 41.9 Å². The minimum absolute atomic E-state index is 0.0154. The van der Waals surface area contributed by atoms with Crippen LogP contribution in [-0.2, 0) is 22.4 Å². The molecule has 0 aromatic heterocycles. The normalized spacial score (nSPS) is 16.8. The monoisotopic (exact) mass is 415 g/mol. The van der Waals surface area contributed by atoms with Crippen molar-refractivity contribution in [2.75, 3.05) is 11.4 Å². The predicted molar refractivity (Wildman–Crippen MR) is 105 cm³/mol. The van der Waals surface area contributed by atoms with Crippen molar-refractivity contribution in [1.82, 2.24) is 0 Å². The minimum atomic E-state index is -0.444. The standard InChI is InChI=1S/C21H22BrNO3/c1-3-14-6-5-7-15(4-2)20(14)23-13-16(12-19(23)24)21(25)26-18-10-8-17(22)9-11-18/h5-11,16H,3-4,12-13H2,1-2H3/t16-/m0/s1. The largest absolute Gasteiger partial charge is 0.426 e. The van der Waals surface area contributed by atoms with E-state index < -0.39 is 5.92 Å². The van der Waals surface area contributed by atoms with E-state index in [1.807, 2.05) is 18.2 Å². The van der Waals surface area contributed by atoms with Crippen molar-refractivity contribution in [3.63, 3.8) is 0 Å². The predicted octanol–water partition coefficient (Wildman–Crippen LogP) is 4.53. The van der Waals surface area contributed by atoms with E-state index in [1.54, 1.807) is 17.0 Å². The Labute approximate surface area is 162 Å². The van der Waals surface area contributed by atoms with Crippen LogP contribution < -0.4 is 9.64 Å². The van der Waals surface area contributed by atoms with Crippen LogP contribution >= 0.6 is 15.9 Å². The first-order valence-electron chi connectivity index (χ1n) is 8.91. The molecule has 1 aliphatic rings. The zero-order chi connectivity index (χ0) is 18.7. The van der Waals surface area contributed by atoms with Gasteiger partial charge in [0.2, 0.25) is 5.91 Å². The molecule has 0 radical (unpaired) electrons. The smallest absolute Gasteiger partial charge is 0.316 e. The van der Waals surface area contributed by atoms with Crippen molar-refractivity contribution in [3.8, 4) is 5.75 Å². The number of anilines is 1. The average Bonchev–Trinajstić information content (AvgIpc) is 3.04. The summed E-state index contributed by atoms with van der Waals surface area (Å²) in [6.45, 7) is 4.54. The molecule has 0 bridgehead atoms. The molecule has 1 atom stereocenters. The first-order chi connectivity index (χ1) is 12.5. The highest BCUT2D eigenvalue weighted by atomic mass is 79.9. The van der Waals surface area contributed by atoms with Crippen LogP contribution in [0.5, 0.6) is 5.75 Å². The van der Waals surface area contributed by atoms with Gasteiger partial charge in [-0.1, -0.05) is 48.0 Å². The first-order valence-corrected chi connectivity index (χ1v) is 9.71. The van der Waals surface area contributed by atoms with Crippen molar-refractivity contribution in [3.05, 3.63) is 58.1 Å². The number of esters is 1. The Kier molecular flexibility index (Phi) is 5.77. The van der Waals surface area contributed by atoms with Crippen LogP contribution in [0.15, 0.2) is 46.9 Å². The Morgan fingerprint density at radius 1 is 1.12 bits per heavy atom. The molecule has 0 saturated carbocycles. The molecule has 0 N–H and O–H groups in total. The van der Waals surface area contributed by atoms with E-state index >= 15 is 0 Å². The number of carbonyl (C=O) groups is 2. The number of halogens is 1. The van der Waals surface area contributed by atoms with Crippen molar-refractivity contribution in [2.45, 2.75) is 33.1 Å². The summed E-state index contributed by atoms with van der Waals surface area (Å²) in [7, 11) is 0. The maximum Gasteiger partial charge on any atom is 0.316 e. The summed E-state index contributed by atoms with van der Waals surface area (Å²) in [4.78, 5) is 26.9. The number of hydrogen-bond donors (Lipinski definition) is 0. The molecule has 0 spiro atoms. The maximum atomic E-state index is 12.6. The molecule has 1 aliphatic heterocycles. The molecule has 136 valence electrons. The summed E-state index contributed by atoms with van der Waals surface area (Å²) in [5.74, 6) is -0.318. The van der Waals surface area contributed by atoms with Crippen molar-refractivity contribution in [1.29, 1.82) is 0 Å². The van der Waals surface area contributed by atoms with Gasteiger partial charge >= 0.3 is 5.97 Å². The van der Waals surface area contributed by atoms with Crippen LogP contribution in [0.1, 0.15) is 31.4 Å². The van der Waals surface area contributed by atoms with E-state index in [9.17, 15) is 9.59 Å². The summed E-state index contributed by atoms with van der Waals surface area (Å²) < 4.78 is 6.38. The fraction of sp³-hybridized carbons (Fsp3) is 0.333. The Bertz CT molecular complexity index is 794. The lowest BCUT2D eigenvalue weighted by molar-refractivity contribution is -0.139. The third-order valence-corrected chi connectivity index (χ3v) is 5.25. The van der Waals surface area contributed by atoms with Crippen LogP contribution in [0.4, 0.5) is 5.69 Å². The van der Waals surface area contributed by atoms with Crippen molar-refractivity contribution >= 4 is 33.5 Å². The second kappa shape index (κ2) is 8.04. The second-order valence-electron chi connectivity index (χ2n) is 6.41. The number of hydrogen-bond acceptors (Lipinski definition) is 3. The fourth-order valence-electron chi connectivity index (χ4n) is 3.35. The minimum Gasteiger partial charge on any atom is -0.426 e. The topological polar surface area (TPSA) is 46.6 Å². The maximum absolute atomic E-state index is 12.6. The molecule has 1 fully saturated rings. The quantitative estimate of drug-likeness (QED) is 0.532. The van der Waals surface area contributed by atoms with Crippen molar-refractivity contribution in [2.24, 2.45) is 5.92 Å². The van der Waals surface area contributed by atoms with Gasteiger partial charge < -0.3 is 9.64 Å². The Morgan fingerprint density at radius 3 is 2.31 bits per heavy atom. The van der Waals surface area contributed by atoms with Crippen LogP contribution in [0, 0.1) is 5.92 Å². The molecule has 1 amide bonds. The Balaban J connectivity index is 1.79.